The third-order valence-electron chi connectivity index (χ3n) is 8.45. The van der Waals surface area contributed by atoms with Gasteiger partial charge < -0.3 is 55.4 Å². The summed E-state index contributed by atoms with van der Waals surface area (Å²) in [6.07, 6.45) is 3.45. The maximum atomic E-state index is 14.2. The maximum Gasteiger partial charge on any atom is 0.534 e. The van der Waals surface area contributed by atoms with E-state index in [4.69, 9.17) is 24.7 Å². The van der Waals surface area contributed by atoms with Crippen LogP contribution in [-0.4, -0.2) is 86.3 Å². The van der Waals surface area contributed by atoms with E-state index in [9.17, 15) is 40.0 Å². The smallest absolute Gasteiger partial charge is 0.491 e. The van der Waals surface area contributed by atoms with Crippen molar-refractivity contribution in [2.24, 2.45) is 0 Å². The van der Waals surface area contributed by atoms with Gasteiger partial charge in [0.25, 0.3) is 5.88 Å². The van der Waals surface area contributed by atoms with Gasteiger partial charge in [0, 0.05) is 48.3 Å². The summed E-state index contributed by atoms with van der Waals surface area (Å²) in [6, 6.07) is 27.2. The van der Waals surface area contributed by atoms with Crippen molar-refractivity contribution in [2.75, 3.05) is 73.0 Å². The first kappa shape index (κ1) is 58.2. The van der Waals surface area contributed by atoms with Crippen LogP contribution in [0.15, 0.2) is 129 Å². The van der Waals surface area contributed by atoms with Crippen LogP contribution in [0.2, 0.25) is 0 Å². The molecule has 2 amide bonds. The highest BCUT2D eigenvalue weighted by molar-refractivity contribution is 7.88. The van der Waals surface area contributed by atoms with Gasteiger partial charge in [-0.2, -0.15) is 35.9 Å². The predicted octanol–water partition coefficient (Wildman–Crippen LogP) is 8.99. The van der Waals surface area contributed by atoms with Crippen molar-refractivity contribution in [2.45, 2.75) is 12.4 Å². The van der Waals surface area contributed by atoms with Crippen molar-refractivity contribution in [3.63, 3.8) is 0 Å². The number of carbonyl (C=O) groups is 2. The molecule has 384 valence electrons. The minimum atomic E-state index is -6.08. The number of nitrogens with zero attached hydrogens (tertiary/aromatic N) is 4. The minimum absolute atomic E-state index is 0. The number of amides is 2. The highest BCUT2D eigenvalue weighted by atomic mass is 35.5. The number of rotatable bonds is 20. The fourth-order valence-electron chi connectivity index (χ4n) is 5.14. The first-order chi connectivity index (χ1) is 33.8. The van der Waals surface area contributed by atoms with Crippen LogP contribution in [0.1, 0.15) is 5.69 Å². The average molecular weight is 1050 g/mol. The lowest BCUT2D eigenvalue weighted by Gasteiger charge is -2.12. The molecule has 7 N–H and O–H groups in total. The Bertz CT molecular complexity index is 2850. The molecule has 0 fully saturated rings. The second-order valence-corrected chi connectivity index (χ2v) is 15.4. The standard InChI is InChI=1S/C22H22FN5O3.C15H15F4N3O5S.C9H10N2O.ClH/c1-3-20(29)25-16-5-4-6-17(13-16)26-21-19(23)14-24-22(28-21)27-15-7-9-18(10-8-15)31-12-11-30-2;1-9-12(16)13(27-28(23,24)15(17,18)19)22-14(20-9)21-10-3-5-11(6-4-10)26-8-7-25-2;1-2-9(12)11-8-5-3-4-7(10)6-8;/h3-10,13-14H,1,11-12H2,2H3,(H,25,29)(H2,24,26,27,28);3-6H,7-8H2,1-2H3,(H,20,21,22);2-6H,1,10H2,(H,11,12);1H. The Hall–Kier alpha value is -8.13. The van der Waals surface area contributed by atoms with E-state index in [0.29, 0.717) is 72.1 Å². The quantitative estimate of drug-likeness (QED) is 0.0104. The van der Waals surface area contributed by atoms with E-state index >= 15 is 0 Å². The van der Waals surface area contributed by atoms with Gasteiger partial charge in [-0.15, -0.1) is 12.4 Å². The first-order valence-corrected chi connectivity index (χ1v) is 21.9. The molecule has 0 aliphatic rings. The highest BCUT2D eigenvalue weighted by Gasteiger charge is 2.49. The molecule has 0 saturated carbocycles. The number of methoxy groups -OCH3 is 2. The molecule has 0 radical (unpaired) electrons. The van der Waals surface area contributed by atoms with Crippen LogP contribution in [0.5, 0.6) is 17.4 Å². The monoisotopic (exact) mass is 1050 g/mol. The number of nitrogens with one attached hydrogen (secondary N) is 5. The van der Waals surface area contributed by atoms with E-state index < -0.39 is 38.8 Å². The van der Waals surface area contributed by atoms with E-state index in [2.05, 4.69) is 63.9 Å². The molecule has 72 heavy (non-hydrogen) atoms. The van der Waals surface area contributed by atoms with Crippen LogP contribution >= 0.6 is 12.4 Å². The highest BCUT2D eigenvalue weighted by Crippen LogP contribution is 2.30. The number of nitrogens with two attached hydrogens (primary N) is 1. The topological polar surface area (TPSA) is 252 Å². The second-order valence-electron chi connectivity index (χ2n) is 13.8. The fourth-order valence-corrected chi connectivity index (χ4v) is 5.55. The van der Waals surface area contributed by atoms with Gasteiger partial charge in [0.15, 0.2) is 11.6 Å². The summed E-state index contributed by atoms with van der Waals surface area (Å²) < 4.78 is 112. The molecule has 26 heteroatoms. The Kier molecular flexibility index (Phi) is 23.0. The Morgan fingerprint density at radius 3 is 1.68 bits per heavy atom. The summed E-state index contributed by atoms with van der Waals surface area (Å²) in [5.41, 5.74) is 2.84. The molecule has 19 nitrogen and oxygen atoms in total. The van der Waals surface area contributed by atoms with Gasteiger partial charge in [-0.05, 0) is 104 Å². The molecule has 2 heterocycles. The summed E-state index contributed by atoms with van der Waals surface area (Å²) in [4.78, 5) is 37.5. The predicted molar refractivity (Wildman–Crippen MR) is 264 cm³/mol. The molecule has 0 aliphatic heterocycles. The minimum Gasteiger partial charge on any atom is -0.491 e. The van der Waals surface area contributed by atoms with E-state index in [1.807, 2.05) is 0 Å². The lowest BCUT2D eigenvalue weighted by atomic mass is 10.2. The molecule has 0 spiro atoms. The number of alkyl halides is 3. The van der Waals surface area contributed by atoms with Gasteiger partial charge in [0.1, 0.15) is 24.7 Å². The summed E-state index contributed by atoms with van der Waals surface area (Å²) in [6.45, 7) is 9.55. The molecule has 0 bridgehead atoms. The molecular weight excluding hydrogens is 999 g/mol. The summed E-state index contributed by atoms with van der Waals surface area (Å²) in [7, 11) is -2.94. The normalized spacial score (nSPS) is 10.6. The maximum absolute atomic E-state index is 14.2. The Morgan fingerprint density at radius 1 is 0.681 bits per heavy atom. The van der Waals surface area contributed by atoms with Gasteiger partial charge in [-0.25, -0.2) is 14.4 Å². The van der Waals surface area contributed by atoms with Gasteiger partial charge in [0.05, 0.1) is 25.1 Å². The zero-order valence-corrected chi connectivity index (χ0v) is 40.1. The van der Waals surface area contributed by atoms with Crippen molar-refractivity contribution in [1.29, 1.82) is 0 Å². The van der Waals surface area contributed by atoms with E-state index in [1.165, 1.54) is 31.4 Å². The molecule has 0 unspecified atom stereocenters. The molecule has 4 aromatic carbocycles. The Morgan fingerprint density at radius 2 is 1.18 bits per heavy atom. The summed E-state index contributed by atoms with van der Waals surface area (Å²) in [5, 5.41) is 13.8. The molecule has 6 rings (SSSR count). The lowest BCUT2D eigenvalue weighted by Crippen LogP contribution is -2.29. The van der Waals surface area contributed by atoms with Crippen LogP contribution in [0, 0.1) is 18.6 Å². The van der Waals surface area contributed by atoms with Gasteiger partial charge in [-0.3, -0.25) is 9.59 Å². The summed E-state index contributed by atoms with van der Waals surface area (Å²) in [5.74, 6) is -2.92. The number of ether oxygens (including phenoxy) is 4. The zero-order valence-electron chi connectivity index (χ0n) is 38.5. The Balaban J connectivity index is 0.000000308. The van der Waals surface area contributed by atoms with Gasteiger partial charge in [-0.1, -0.05) is 25.3 Å². The first-order valence-electron chi connectivity index (χ1n) is 20.5. The largest absolute Gasteiger partial charge is 0.534 e. The third kappa shape index (κ3) is 19.3. The SMILES string of the molecule is C=CC(=O)Nc1cccc(N)c1.C=CC(=O)Nc1cccc(Nc2nc(Nc3ccc(OCCOC)cc3)ncc2F)c1.COCCOc1ccc(Nc2nc(C)c(F)c(OS(=O)(=O)C(F)(F)F)n2)cc1.Cl. The number of aromatic nitrogens is 4. The fraction of sp³-hybridized carbons (Fsp3) is 0.174. The summed E-state index contributed by atoms with van der Waals surface area (Å²) >= 11 is 0. The zero-order chi connectivity index (χ0) is 52.0. The third-order valence-corrected chi connectivity index (χ3v) is 9.40. The van der Waals surface area contributed by atoms with Crippen molar-refractivity contribution in [3.05, 3.63) is 146 Å². The number of carbonyl (C=O) groups excluding carboxylic acids is 2. The van der Waals surface area contributed by atoms with Crippen molar-refractivity contribution >= 4 is 86.2 Å². The van der Waals surface area contributed by atoms with Gasteiger partial charge >= 0.3 is 15.6 Å². The number of benzene rings is 4. The van der Waals surface area contributed by atoms with Crippen molar-refractivity contribution in [1.82, 2.24) is 19.9 Å². The van der Waals surface area contributed by atoms with Crippen LogP contribution in [0.3, 0.4) is 0 Å². The molecular formula is C46H48ClF5N10O9S. The molecule has 0 saturated heterocycles. The van der Waals surface area contributed by atoms with Crippen molar-refractivity contribution < 1.29 is 63.1 Å². The number of hydrogen-bond donors (Lipinski definition) is 6. The van der Waals surface area contributed by atoms with Crippen LogP contribution in [-0.2, 0) is 29.2 Å². The van der Waals surface area contributed by atoms with Gasteiger partial charge in [0.2, 0.25) is 29.5 Å². The number of nitrogen functional groups attached to an aromatic ring is 1. The molecule has 6 aromatic rings. The molecule has 2 aromatic heterocycles. The van der Waals surface area contributed by atoms with E-state index in [1.54, 1.807) is 92.0 Å². The van der Waals surface area contributed by atoms with Crippen LogP contribution < -0.4 is 46.0 Å². The van der Waals surface area contributed by atoms with E-state index in [-0.39, 0.29) is 41.9 Å². The molecule has 0 atom stereocenters. The molecule has 0 aliphatic carbocycles. The number of aryl methyl sites for hydroxylation is 1. The number of halogens is 6. The van der Waals surface area contributed by atoms with E-state index in [0.717, 1.165) is 13.1 Å². The lowest BCUT2D eigenvalue weighted by molar-refractivity contribution is -0.112. The number of hydrogen-bond acceptors (Lipinski definition) is 17. The van der Waals surface area contributed by atoms with Crippen LogP contribution in [0.25, 0.3) is 0 Å². The Labute approximate surface area is 416 Å². The average Bonchev–Trinajstić information content (AvgIpc) is 3.33. The second kappa shape index (κ2) is 28.5. The van der Waals surface area contributed by atoms with Crippen molar-refractivity contribution in [3.8, 4) is 17.4 Å². The number of anilines is 9. The van der Waals surface area contributed by atoms with Crippen LogP contribution in [0.4, 0.5) is 73.8 Å².